The minimum Gasteiger partial charge on any atom is -0.346 e. The van der Waals surface area contributed by atoms with Gasteiger partial charge in [-0.05, 0) is 41.8 Å². The van der Waals surface area contributed by atoms with Gasteiger partial charge < -0.3 is 4.90 Å². The lowest BCUT2D eigenvalue weighted by atomic mass is 10.1. The fraction of sp³-hybridized carbons (Fsp3) is 0.333. The third-order valence-corrected chi connectivity index (χ3v) is 8.72. The summed E-state index contributed by atoms with van der Waals surface area (Å²) < 4.78 is 37.4. The van der Waals surface area contributed by atoms with E-state index < -0.39 is 9.84 Å². The summed E-state index contributed by atoms with van der Waals surface area (Å²) in [6.45, 7) is 0.516. The maximum absolute atomic E-state index is 13.2. The third kappa shape index (κ3) is 5.04. The second kappa shape index (κ2) is 8.69. The fourth-order valence-electron chi connectivity index (χ4n) is 3.72. The summed E-state index contributed by atoms with van der Waals surface area (Å²) in [5.41, 5.74) is 1.76. The van der Waals surface area contributed by atoms with Gasteiger partial charge in [0.25, 0.3) is 5.91 Å². The molecule has 0 spiro atoms. The smallest absolute Gasteiger partial charge is 0.252 e. The number of amidine groups is 1. The Labute approximate surface area is 184 Å². The van der Waals surface area contributed by atoms with Crippen molar-refractivity contribution in [1.29, 1.82) is 0 Å². The highest BCUT2D eigenvalue weighted by Gasteiger charge is 2.48. The number of amides is 1. The van der Waals surface area contributed by atoms with Crippen molar-refractivity contribution in [2.24, 2.45) is 4.99 Å². The molecule has 2 atom stereocenters. The van der Waals surface area contributed by atoms with E-state index in [9.17, 15) is 17.6 Å². The highest BCUT2D eigenvalue weighted by molar-refractivity contribution is 8.15. The number of halogens is 2. The first-order valence-corrected chi connectivity index (χ1v) is 12.6. The number of benzene rings is 2. The van der Waals surface area contributed by atoms with E-state index in [1.54, 1.807) is 36.4 Å². The Bertz CT molecular complexity index is 1070. The average molecular weight is 467 g/mol. The van der Waals surface area contributed by atoms with Gasteiger partial charge in [0.15, 0.2) is 15.0 Å². The lowest BCUT2D eigenvalue weighted by Gasteiger charge is -2.24. The molecule has 2 fully saturated rings. The zero-order chi connectivity index (χ0) is 21.3. The van der Waals surface area contributed by atoms with Crippen molar-refractivity contribution >= 4 is 44.3 Å². The average Bonchev–Trinajstić information content (AvgIpc) is 3.14. The first kappa shape index (κ1) is 21.3. The van der Waals surface area contributed by atoms with Crippen molar-refractivity contribution in [2.45, 2.75) is 24.1 Å². The minimum atomic E-state index is -3.10. The lowest BCUT2D eigenvalue weighted by molar-refractivity contribution is -0.117. The minimum absolute atomic E-state index is 0.0679. The molecule has 158 valence electrons. The number of nitrogens with zero attached hydrogens (tertiary/aromatic N) is 2. The standard InChI is InChI=1S/C21H20ClFN2O3S2/c22-16-5-1-15(2-6-16)11-20(26)24-21-25(10-9-14-3-7-17(23)8-4-14)18-12-30(27,28)13-19(18)29-21/h1-8,18-19H,9-13H2/t18-,19-/m0/s1. The van der Waals surface area contributed by atoms with Crippen molar-refractivity contribution < 1.29 is 17.6 Å². The van der Waals surface area contributed by atoms with E-state index in [1.807, 2.05) is 4.90 Å². The number of hydrogen-bond acceptors (Lipinski definition) is 4. The van der Waals surface area contributed by atoms with Crippen LogP contribution in [0.15, 0.2) is 53.5 Å². The SMILES string of the molecule is O=C(Cc1ccc(Cl)cc1)N=C1S[C@H]2CS(=O)(=O)C[C@@H]2N1CCc1ccc(F)cc1. The molecular formula is C21H20ClFN2O3S2. The highest BCUT2D eigenvalue weighted by atomic mass is 35.5. The molecule has 0 bridgehead atoms. The first-order valence-electron chi connectivity index (χ1n) is 9.53. The molecule has 2 aliphatic heterocycles. The summed E-state index contributed by atoms with van der Waals surface area (Å²) >= 11 is 7.25. The van der Waals surface area contributed by atoms with Gasteiger partial charge in [-0.25, -0.2) is 12.8 Å². The molecule has 0 radical (unpaired) electrons. The van der Waals surface area contributed by atoms with Crippen molar-refractivity contribution in [2.75, 3.05) is 18.1 Å². The second-order valence-corrected chi connectivity index (χ2v) is 11.3. The Morgan fingerprint density at radius 1 is 1.10 bits per heavy atom. The molecule has 2 aliphatic rings. The van der Waals surface area contributed by atoms with Crippen LogP contribution in [0.1, 0.15) is 11.1 Å². The van der Waals surface area contributed by atoms with Crippen LogP contribution in [-0.4, -0.2) is 53.7 Å². The Kier molecular flexibility index (Phi) is 6.18. The molecule has 2 aromatic rings. The Morgan fingerprint density at radius 3 is 2.47 bits per heavy atom. The molecule has 30 heavy (non-hydrogen) atoms. The van der Waals surface area contributed by atoms with Crippen LogP contribution < -0.4 is 0 Å². The summed E-state index contributed by atoms with van der Waals surface area (Å²) in [7, 11) is -3.10. The number of carbonyl (C=O) groups is 1. The molecule has 0 aliphatic carbocycles. The Morgan fingerprint density at radius 2 is 1.77 bits per heavy atom. The summed E-state index contributed by atoms with van der Waals surface area (Å²) in [6.07, 6.45) is 0.759. The molecular weight excluding hydrogens is 447 g/mol. The van der Waals surface area contributed by atoms with Crippen LogP contribution in [0.4, 0.5) is 4.39 Å². The summed E-state index contributed by atoms with van der Waals surface area (Å²) in [4.78, 5) is 18.8. The van der Waals surface area contributed by atoms with Crippen LogP contribution in [0.2, 0.25) is 5.02 Å². The van der Waals surface area contributed by atoms with Crippen molar-refractivity contribution in [3.05, 3.63) is 70.5 Å². The normalized spacial score (nSPS) is 23.7. The van der Waals surface area contributed by atoms with Gasteiger partial charge >= 0.3 is 0 Å². The number of thioether (sulfide) groups is 1. The van der Waals surface area contributed by atoms with Gasteiger partial charge in [-0.1, -0.05) is 47.6 Å². The number of hydrogen-bond donors (Lipinski definition) is 0. The molecule has 4 rings (SSSR count). The number of aliphatic imine (C=N–C) groups is 1. The third-order valence-electron chi connectivity index (χ3n) is 5.22. The zero-order valence-corrected chi connectivity index (χ0v) is 18.4. The quantitative estimate of drug-likeness (QED) is 0.676. The highest BCUT2D eigenvalue weighted by Crippen LogP contribution is 2.38. The summed E-state index contributed by atoms with van der Waals surface area (Å²) in [5, 5.41) is 1.05. The van der Waals surface area contributed by atoms with Crippen LogP contribution in [0.25, 0.3) is 0 Å². The summed E-state index contributed by atoms with van der Waals surface area (Å²) in [6, 6.07) is 13.1. The monoisotopic (exact) mass is 466 g/mol. The fourth-order valence-corrected chi connectivity index (χ4v) is 7.84. The largest absolute Gasteiger partial charge is 0.346 e. The number of sulfone groups is 1. The second-order valence-electron chi connectivity index (χ2n) is 7.46. The van der Waals surface area contributed by atoms with E-state index in [2.05, 4.69) is 4.99 Å². The van der Waals surface area contributed by atoms with Crippen molar-refractivity contribution in [3.8, 4) is 0 Å². The molecule has 0 saturated carbocycles. The van der Waals surface area contributed by atoms with Crippen LogP contribution in [0, 0.1) is 5.82 Å². The lowest BCUT2D eigenvalue weighted by Crippen LogP contribution is -2.39. The topological polar surface area (TPSA) is 66.8 Å². The van der Waals surface area contributed by atoms with Gasteiger partial charge in [-0.2, -0.15) is 4.99 Å². The number of rotatable bonds is 5. The van der Waals surface area contributed by atoms with Gasteiger partial charge in [0.2, 0.25) is 0 Å². The number of carbonyl (C=O) groups excluding carboxylic acids is 1. The van der Waals surface area contributed by atoms with E-state index in [1.165, 1.54) is 23.9 Å². The van der Waals surface area contributed by atoms with E-state index in [0.29, 0.717) is 23.2 Å². The molecule has 0 aromatic heterocycles. The molecule has 9 heteroatoms. The van der Waals surface area contributed by atoms with Crippen LogP contribution in [0.5, 0.6) is 0 Å². The van der Waals surface area contributed by atoms with E-state index >= 15 is 0 Å². The Balaban J connectivity index is 1.50. The maximum atomic E-state index is 13.2. The van der Waals surface area contributed by atoms with Gasteiger partial charge in [-0.15, -0.1) is 0 Å². The zero-order valence-electron chi connectivity index (χ0n) is 16.0. The molecule has 5 nitrogen and oxygen atoms in total. The summed E-state index contributed by atoms with van der Waals surface area (Å²) in [5.74, 6) is -0.417. The predicted octanol–water partition coefficient (Wildman–Crippen LogP) is 3.36. The van der Waals surface area contributed by atoms with Gasteiger partial charge in [0.1, 0.15) is 5.82 Å². The van der Waals surface area contributed by atoms with Gasteiger partial charge in [0.05, 0.1) is 24.0 Å². The first-order chi connectivity index (χ1) is 14.3. The molecule has 0 N–H and O–H groups in total. The molecule has 2 saturated heterocycles. The van der Waals surface area contributed by atoms with Crippen molar-refractivity contribution in [3.63, 3.8) is 0 Å². The molecule has 2 heterocycles. The van der Waals surface area contributed by atoms with E-state index in [4.69, 9.17) is 11.6 Å². The van der Waals surface area contributed by atoms with Crippen LogP contribution in [-0.2, 0) is 27.5 Å². The van der Waals surface area contributed by atoms with Crippen LogP contribution >= 0.6 is 23.4 Å². The maximum Gasteiger partial charge on any atom is 0.252 e. The van der Waals surface area contributed by atoms with Gasteiger partial charge in [-0.3, -0.25) is 4.79 Å². The van der Waals surface area contributed by atoms with Gasteiger partial charge in [0, 0.05) is 16.8 Å². The van der Waals surface area contributed by atoms with E-state index in [-0.39, 0.29) is 40.9 Å². The van der Waals surface area contributed by atoms with E-state index in [0.717, 1.165) is 11.1 Å². The number of fused-ring (bicyclic) bond motifs is 1. The molecule has 2 aromatic carbocycles. The molecule has 0 unspecified atom stereocenters. The van der Waals surface area contributed by atoms with Crippen LogP contribution in [0.3, 0.4) is 0 Å². The predicted molar refractivity (Wildman–Crippen MR) is 118 cm³/mol. The van der Waals surface area contributed by atoms with Crippen molar-refractivity contribution in [1.82, 2.24) is 4.90 Å². The Hall–Kier alpha value is -1.90. The molecule has 1 amide bonds.